The van der Waals surface area contributed by atoms with Crippen LogP contribution in [-0.4, -0.2) is 67.8 Å². The zero-order valence-corrected chi connectivity index (χ0v) is 15.4. The van der Waals surface area contributed by atoms with Crippen LogP contribution in [0, 0.1) is 5.41 Å². The van der Waals surface area contributed by atoms with Crippen LogP contribution in [0.15, 0.2) is 18.3 Å². The molecule has 0 aliphatic carbocycles. The summed E-state index contributed by atoms with van der Waals surface area (Å²) in [7, 11) is 0. The Labute approximate surface area is 152 Å². The highest BCUT2D eigenvalue weighted by atomic mass is 16.2. The van der Waals surface area contributed by atoms with Gasteiger partial charge in [-0.05, 0) is 25.0 Å². The summed E-state index contributed by atoms with van der Waals surface area (Å²) in [6.45, 7) is 9.60. The highest BCUT2D eigenvalue weighted by Crippen LogP contribution is 2.40. The Morgan fingerprint density at radius 1 is 1.15 bits per heavy atom. The third-order valence-electron chi connectivity index (χ3n) is 5.30. The normalized spacial score (nSPS) is 18.2. The number of aromatic nitrogens is 4. The van der Waals surface area contributed by atoms with E-state index in [1.807, 2.05) is 29.0 Å². The quantitative estimate of drug-likeness (QED) is 0.896. The lowest BCUT2D eigenvalue weighted by Crippen LogP contribution is -2.73. The van der Waals surface area contributed by atoms with Gasteiger partial charge >= 0.3 is 0 Å². The second-order valence-electron chi connectivity index (χ2n) is 7.74. The Morgan fingerprint density at radius 3 is 2.27 bits per heavy atom. The van der Waals surface area contributed by atoms with Crippen LogP contribution >= 0.6 is 0 Å². The molecule has 4 rings (SSSR count). The topological polar surface area (TPSA) is 87.1 Å². The Kier molecular flexibility index (Phi) is 3.86. The van der Waals surface area contributed by atoms with Crippen molar-refractivity contribution in [3.8, 4) is 0 Å². The lowest BCUT2D eigenvalue weighted by molar-refractivity contribution is -0.0825. The predicted molar refractivity (Wildman–Crippen MR) is 94.8 cm³/mol. The van der Waals surface area contributed by atoms with Crippen molar-refractivity contribution in [2.45, 2.75) is 33.2 Å². The molecule has 0 unspecified atom stereocenters. The average molecular weight is 356 g/mol. The number of carbonyl (C=O) groups is 2. The highest BCUT2D eigenvalue weighted by Gasteiger charge is 2.55. The molecule has 2 aromatic rings. The van der Waals surface area contributed by atoms with Crippen molar-refractivity contribution in [3.05, 3.63) is 35.4 Å². The summed E-state index contributed by atoms with van der Waals surface area (Å²) in [6, 6.07) is 3.59. The van der Waals surface area contributed by atoms with Crippen LogP contribution in [0.1, 0.15) is 53.4 Å². The van der Waals surface area contributed by atoms with Gasteiger partial charge in [0.05, 0.1) is 0 Å². The van der Waals surface area contributed by atoms with E-state index in [0.29, 0.717) is 43.5 Å². The van der Waals surface area contributed by atoms with Gasteiger partial charge in [0.15, 0.2) is 0 Å². The maximum Gasteiger partial charge on any atom is 0.274 e. The molecule has 2 amide bonds. The standard InChI is InChI=1S/C18H24N6O2/c1-4-24-6-5-13(21-24)16(25)22-8-18(9-22)10-23(11-18)17(26)15-7-14(12(2)3)19-20-15/h5-7,12H,4,8-11H2,1-3H3,(H,19,20). The molecule has 0 radical (unpaired) electrons. The number of likely N-dealkylation sites (tertiary alicyclic amines) is 2. The molecular formula is C18H24N6O2. The van der Waals surface area contributed by atoms with Gasteiger partial charge in [-0.15, -0.1) is 0 Å². The minimum absolute atomic E-state index is 0.0264. The summed E-state index contributed by atoms with van der Waals surface area (Å²) in [6.07, 6.45) is 1.82. The summed E-state index contributed by atoms with van der Waals surface area (Å²) in [4.78, 5) is 28.6. The fourth-order valence-corrected chi connectivity index (χ4v) is 3.73. The zero-order chi connectivity index (χ0) is 18.5. The molecule has 2 aliphatic rings. The molecule has 1 spiro atoms. The fraction of sp³-hybridized carbons (Fsp3) is 0.556. The van der Waals surface area contributed by atoms with Gasteiger partial charge in [0.2, 0.25) is 0 Å². The van der Waals surface area contributed by atoms with Crippen molar-refractivity contribution >= 4 is 11.8 Å². The zero-order valence-electron chi connectivity index (χ0n) is 15.4. The number of nitrogens with zero attached hydrogens (tertiary/aromatic N) is 5. The van der Waals surface area contributed by atoms with Gasteiger partial charge in [0.25, 0.3) is 11.8 Å². The second-order valence-corrected chi connectivity index (χ2v) is 7.74. The van der Waals surface area contributed by atoms with Crippen LogP contribution in [0.3, 0.4) is 0 Å². The molecule has 1 N–H and O–H groups in total. The minimum atomic E-state index is -0.0368. The van der Waals surface area contributed by atoms with Gasteiger partial charge in [0, 0.05) is 50.0 Å². The maximum atomic E-state index is 12.5. The van der Waals surface area contributed by atoms with Crippen LogP contribution in [-0.2, 0) is 6.54 Å². The van der Waals surface area contributed by atoms with Crippen molar-refractivity contribution in [2.24, 2.45) is 5.41 Å². The van der Waals surface area contributed by atoms with Crippen molar-refractivity contribution in [1.82, 2.24) is 29.8 Å². The number of aromatic amines is 1. The first-order valence-electron chi connectivity index (χ1n) is 9.08. The summed E-state index contributed by atoms with van der Waals surface area (Å²) in [5, 5.41) is 11.3. The van der Waals surface area contributed by atoms with Crippen molar-refractivity contribution in [3.63, 3.8) is 0 Å². The summed E-state index contributed by atoms with van der Waals surface area (Å²) < 4.78 is 1.75. The monoisotopic (exact) mass is 356 g/mol. The van der Waals surface area contributed by atoms with Crippen molar-refractivity contribution < 1.29 is 9.59 Å². The van der Waals surface area contributed by atoms with E-state index in [1.54, 1.807) is 10.7 Å². The number of amides is 2. The molecule has 0 atom stereocenters. The van der Waals surface area contributed by atoms with Gasteiger partial charge in [-0.3, -0.25) is 19.4 Å². The molecule has 2 aliphatic heterocycles. The molecule has 138 valence electrons. The van der Waals surface area contributed by atoms with Crippen LogP contribution < -0.4 is 0 Å². The number of carbonyl (C=O) groups excluding carboxylic acids is 2. The molecule has 0 saturated carbocycles. The average Bonchev–Trinajstić information content (AvgIpc) is 3.21. The van der Waals surface area contributed by atoms with Crippen LogP contribution in [0.4, 0.5) is 0 Å². The lowest BCUT2D eigenvalue weighted by atomic mass is 9.72. The van der Waals surface area contributed by atoms with E-state index in [-0.39, 0.29) is 17.2 Å². The minimum Gasteiger partial charge on any atom is -0.336 e. The Bertz CT molecular complexity index is 837. The number of nitrogens with one attached hydrogen (secondary N) is 1. The highest BCUT2D eigenvalue weighted by molar-refractivity contribution is 5.94. The largest absolute Gasteiger partial charge is 0.336 e. The van der Waals surface area contributed by atoms with E-state index in [2.05, 4.69) is 29.1 Å². The Morgan fingerprint density at radius 2 is 1.77 bits per heavy atom. The number of H-pyrrole nitrogens is 1. The molecule has 26 heavy (non-hydrogen) atoms. The van der Waals surface area contributed by atoms with Crippen LogP contribution in [0.25, 0.3) is 0 Å². The number of hydrogen-bond donors (Lipinski definition) is 1. The molecule has 0 bridgehead atoms. The second kappa shape index (κ2) is 5.96. The number of hydrogen-bond acceptors (Lipinski definition) is 4. The fourth-order valence-electron chi connectivity index (χ4n) is 3.73. The summed E-state index contributed by atoms with van der Waals surface area (Å²) in [5.74, 6) is 0.251. The molecule has 2 aromatic heterocycles. The van der Waals surface area contributed by atoms with Gasteiger partial charge in [-0.25, -0.2) is 0 Å². The van der Waals surface area contributed by atoms with E-state index in [1.165, 1.54) is 0 Å². The van der Waals surface area contributed by atoms with Gasteiger partial charge in [-0.2, -0.15) is 10.2 Å². The van der Waals surface area contributed by atoms with Gasteiger partial charge in [-0.1, -0.05) is 13.8 Å². The van der Waals surface area contributed by atoms with Crippen molar-refractivity contribution in [2.75, 3.05) is 26.2 Å². The maximum absolute atomic E-state index is 12.5. The van der Waals surface area contributed by atoms with E-state index in [4.69, 9.17) is 0 Å². The van der Waals surface area contributed by atoms with E-state index >= 15 is 0 Å². The Balaban J connectivity index is 1.31. The molecular weight excluding hydrogens is 332 g/mol. The smallest absolute Gasteiger partial charge is 0.274 e. The summed E-state index contributed by atoms with van der Waals surface area (Å²) >= 11 is 0. The Hall–Kier alpha value is -2.64. The van der Waals surface area contributed by atoms with Crippen molar-refractivity contribution in [1.29, 1.82) is 0 Å². The molecule has 8 heteroatoms. The third-order valence-corrected chi connectivity index (χ3v) is 5.30. The predicted octanol–water partition coefficient (Wildman–Crippen LogP) is 1.35. The molecule has 2 saturated heterocycles. The van der Waals surface area contributed by atoms with E-state index in [0.717, 1.165) is 12.2 Å². The molecule has 4 heterocycles. The molecule has 2 fully saturated rings. The first kappa shape index (κ1) is 16.8. The van der Waals surface area contributed by atoms with Crippen LogP contribution in [0.5, 0.6) is 0 Å². The third kappa shape index (κ3) is 2.69. The molecule has 8 nitrogen and oxygen atoms in total. The van der Waals surface area contributed by atoms with Crippen LogP contribution in [0.2, 0.25) is 0 Å². The van der Waals surface area contributed by atoms with Gasteiger partial charge < -0.3 is 9.80 Å². The van der Waals surface area contributed by atoms with E-state index < -0.39 is 0 Å². The molecule has 0 aromatic carbocycles. The number of rotatable bonds is 4. The van der Waals surface area contributed by atoms with E-state index in [9.17, 15) is 9.59 Å². The SMILES string of the molecule is CCn1ccc(C(=O)N2CC3(CN(C(=O)c4cc(C(C)C)[nH]n4)C3)C2)n1. The summed E-state index contributed by atoms with van der Waals surface area (Å²) in [5.41, 5.74) is 1.98. The van der Waals surface area contributed by atoms with Gasteiger partial charge in [0.1, 0.15) is 11.4 Å². The number of aryl methyl sites for hydroxylation is 1. The lowest BCUT2D eigenvalue weighted by Gasteiger charge is -2.59. The first-order chi connectivity index (χ1) is 12.4. The first-order valence-corrected chi connectivity index (χ1v) is 9.08.